The Labute approximate surface area is 173 Å². The molecule has 148 valence electrons. The van der Waals surface area contributed by atoms with Crippen molar-refractivity contribution in [1.82, 2.24) is 4.98 Å². The molecule has 1 N–H and O–H groups in total. The van der Waals surface area contributed by atoms with Crippen LogP contribution in [0.5, 0.6) is 11.5 Å². The summed E-state index contributed by atoms with van der Waals surface area (Å²) in [6, 6.07) is 16.5. The Balaban J connectivity index is 1.62. The summed E-state index contributed by atoms with van der Waals surface area (Å²) < 4.78 is 11.1. The molecule has 7 heteroatoms. The lowest BCUT2D eigenvalue weighted by Gasteiger charge is -2.24. The predicted octanol–water partition coefficient (Wildman–Crippen LogP) is 4.75. The van der Waals surface area contributed by atoms with Gasteiger partial charge < -0.3 is 14.8 Å². The Morgan fingerprint density at radius 2 is 1.76 bits per heavy atom. The fraction of sp³-hybridized carbons (Fsp3) is 0.136. The van der Waals surface area contributed by atoms with Crippen molar-refractivity contribution in [3.05, 3.63) is 83.6 Å². The third-order valence-electron chi connectivity index (χ3n) is 3.91. The molecule has 29 heavy (non-hydrogen) atoms. The Morgan fingerprint density at radius 3 is 2.41 bits per heavy atom. The maximum absolute atomic E-state index is 12.5. The number of ether oxygens (including phenoxy) is 2. The van der Waals surface area contributed by atoms with Gasteiger partial charge in [-0.1, -0.05) is 17.7 Å². The van der Waals surface area contributed by atoms with Crippen molar-refractivity contribution in [3.63, 3.8) is 0 Å². The summed E-state index contributed by atoms with van der Waals surface area (Å²) in [5.74, 6) is -0.108. The highest BCUT2D eigenvalue weighted by Gasteiger charge is 2.32. The zero-order valence-corrected chi connectivity index (χ0v) is 16.6. The monoisotopic (exact) mass is 410 g/mol. The van der Waals surface area contributed by atoms with E-state index in [9.17, 15) is 9.59 Å². The van der Waals surface area contributed by atoms with Crippen LogP contribution in [0, 0.1) is 0 Å². The molecule has 1 heterocycles. The second kappa shape index (κ2) is 8.75. The van der Waals surface area contributed by atoms with Gasteiger partial charge in [-0.3, -0.25) is 9.78 Å². The molecule has 0 bridgehead atoms. The standard InChI is InChI=1S/C22H19ClN2O4/c1-22(2,29-19-7-3-5-16(23)13-19)21(27)28-18-10-8-15(9-11-18)20(26)25-17-6-4-12-24-14-17/h3-14H,1-2H3,(H,25,26). The minimum absolute atomic E-state index is 0.291. The van der Waals surface area contributed by atoms with E-state index in [-0.39, 0.29) is 5.91 Å². The van der Waals surface area contributed by atoms with E-state index < -0.39 is 11.6 Å². The van der Waals surface area contributed by atoms with Gasteiger partial charge in [0.1, 0.15) is 11.5 Å². The van der Waals surface area contributed by atoms with Crippen molar-refractivity contribution >= 4 is 29.2 Å². The number of carbonyl (C=O) groups excluding carboxylic acids is 2. The molecule has 0 aliphatic carbocycles. The largest absolute Gasteiger partial charge is 0.476 e. The Kier molecular flexibility index (Phi) is 6.14. The summed E-state index contributed by atoms with van der Waals surface area (Å²) in [7, 11) is 0. The van der Waals surface area contributed by atoms with E-state index in [0.29, 0.717) is 27.8 Å². The number of nitrogens with one attached hydrogen (secondary N) is 1. The molecule has 6 nitrogen and oxygen atoms in total. The molecule has 0 radical (unpaired) electrons. The van der Waals surface area contributed by atoms with Crippen molar-refractivity contribution in [2.75, 3.05) is 5.32 Å². The summed E-state index contributed by atoms with van der Waals surface area (Å²) >= 11 is 5.94. The fourth-order valence-electron chi connectivity index (χ4n) is 2.41. The summed E-state index contributed by atoms with van der Waals surface area (Å²) in [6.07, 6.45) is 3.17. The third-order valence-corrected chi connectivity index (χ3v) is 4.14. The number of nitrogens with zero attached hydrogens (tertiary/aromatic N) is 1. The first kappa shape index (κ1) is 20.4. The maximum atomic E-state index is 12.5. The van der Waals surface area contributed by atoms with Gasteiger partial charge in [0.05, 0.1) is 11.9 Å². The number of benzene rings is 2. The maximum Gasteiger partial charge on any atom is 0.355 e. The number of amides is 1. The van der Waals surface area contributed by atoms with Crippen LogP contribution in [0.15, 0.2) is 73.1 Å². The highest BCUT2D eigenvalue weighted by atomic mass is 35.5. The molecule has 3 rings (SSSR count). The molecule has 0 atom stereocenters. The van der Waals surface area contributed by atoms with Crippen LogP contribution in [-0.2, 0) is 4.79 Å². The van der Waals surface area contributed by atoms with Crippen LogP contribution in [0.3, 0.4) is 0 Å². The van der Waals surface area contributed by atoms with E-state index in [1.165, 1.54) is 0 Å². The van der Waals surface area contributed by atoms with Crippen LogP contribution in [0.1, 0.15) is 24.2 Å². The molecule has 0 spiro atoms. The molecule has 0 saturated carbocycles. The first-order valence-corrected chi connectivity index (χ1v) is 9.19. The molecular weight excluding hydrogens is 392 g/mol. The van der Waals surface area contributed by atoms with Gasteiger partial charge in [-0.05, 0) is 68.4 Å². The quantitative estimate of drug-likeness (QED) is 0.468. The normalized spacial score (nSPS) is 10.9. The van der Waals surface area contributed by atoms with Crippen LogP contribution in [-0.4, -0.2) is 22.5 Å². The number of aromatic nitrogens is 1. The van der Waals surface area contributed by atoms with Crippen molar-refractivity contribution in [2.24, 2.45) is 0 Å². The molecule has 0 aliphatic rings. The number of anilines is 1. The van der Waals surface area contributed by atoms with Crippen LogP contribution in [0.2, 0.25) is 5.02 Å². The zero-order chi connectivity index (χ0) is 20.9. The second-order valence-electron chi connectivity index (χ2n) is 6.68. The third kappa shape index (κ3) is 5.56. The van der Waals surface area contributed by atoms with Crippen LogP contribution >= 0.6 is 11.6 Å². The van der Waals surface area contributed by atoms with Gasteiger partial charge in [-0.2, -0.15) is 0 Å². The van der Waals surface area contributed by atoms with Gasteiger partial charge in [-0.25, -0.2) is 4.79 Å². The molecule has 2 aromatic carbocycles. The highest BCUT2D eigenvalue weighted by Crippen LogP contribution is 2.24. The number of hydrogen-bond donors (Lipinski definition) is 1. The highest BCUT2D eigenvalue weighted by molar-refractivity contribution is 6.30. The number of carbonyl (C=O) groups is 2. The average molecular weight is 411 g/mol. The SMILES string of the molecule is CC(C)(Oc1cccc(Cl)c1)C(=O)Oc1ccc(C(=O)Nc2cccnc2)cc1. The van der Waals surface area contributed by atoms with E-state index in [0.717, 1.165) is 0 Å². The average Bonchev–Trinajstić information content (AvgIpc) is 2.69. The lowest BCUT2D eigenvalue weighted by Crippen LogP contribution is -2.41. The fourth-order valence-corrected chi connectivity index (χ4v) is 2.59. The molecule has 3 aromatic rings. The van der Waals surface area contributed by atoms with Crippen LogP contribution in [0.25, 0.3) is 0 Å². The molecule has 1 amide bonds. The van der Waals surface area contributed by atoms with Gasteiger partial charge in [-0.15, -0.1) is 0 Å². The first-order chi connectivity index (χ1) is 13.8. The predicted molar refractivity (Wildman–Crippen MR) is 110 cm³/mol. The number of pyridine rings is 1. The van der Waals surface area contributed by atoms with Gasteiger partial charge in [0.15, 0.2) is 0 Å². The summed E-state index contributed by atoms with van der Waals surface area (Å²) in [5, 5.41) is 3.24. The van der Waals surface area contributed by atoms with Crippen molar-refractivity contribution < 1.29 is 19.1 Å². The van der Waals surface area contributed by atoms with Crippen LogP contribution in [0.4, 0.5) is 5.69 Å². The Hall–Kier alpha value is -3.38. The van der Waals surface area contributed by atoms with Crippen LogP contribution < -0.4 is 14.8 Å². The van der Waals surface area contributed by atoms with Crippen molar-refractivity contribution in [2.45, 2.75) is 19.4 Å². The molecule has 1 aromatic heterocycles. The van der Waals surface area contributed by atoms with Crippen molar-refractivity contribution in [1.29, 1.82) is 0 Å². The number of rotatable bonds is 6. The lowest BCUT2D eigenvalue weighted by atomic mass is 10.1. The smallest absolute Gasteiger partial charge is 0.355 e. The number of hydrogen-bond acceptors (Lipinski definition) is 5. The van der Waals surface area contributed by atoms with E-state index in [1.54, 1.807) is 86.9 Å². The topological polar surface area (TPSA) is 77.5 Å². The second-order valence-corrected chi connectivity index (χ2v) is 7.12. The lowest BCUT2D eigenvalue weighted by molar-refractivity contribution is -0.149. The first-order valence-electron chi connectivity index (χ1n) is 8.82. The zero-order valence-electron chi connectivity index (χ0n) is 15.9. The van der Waals surface area contributed by atoms with Gasteiger partial charge >= 0.3 is 5.97 Å². The van der Waals surface area contributed by atoms with E-state index >= 15 is 0 Å². The van der Waals surface area contributed by atoms with Gasteiger partial charge in [0, 0.05) is 16.8 Å². The molecule has 0 fully saturated rings. The Morgan fingerprint density at radius 1 is 1.00 bits per heavy atom. The summed E-state index contributed by atoms with van der Waals surface area (Å²) in [6.45, 7) is 3.21. The van der Waals surface area contributed by atoms with E-state index in [2.05, 4.69) is 10.3 Å². The summed E-state index contributed by atoms with van der Waals surface area (Å²) in [4.78, 5) is 28.7. The molecule has 0 aliphatic heterocycles. The van der Waals surface area contributed by atoms with Crippen molar-refractivity contribution in [3.8, 4) is 11.5 Å². The molecule has 0 unspecified atom stereocenters. The van der Waals surface area contributed by atoms with Gasteiger partial charge in [0.25, 0.3) is 5.91 Å². The minimum Gasteiger partial charge on any atom is -0.476 e. The van der Waals surface area contributed by atoms with E-state index in [4.69, 9.17) is 21.1 Å². The minimum atomic E-state index is -1.24. The Bertz CT molecular complexity index is 1000. The van der Waals surface area contributed by atoms with E-state index in [1.807, 2.05) is 0 Å². The molecule has 0 saturated heterocycles. The summed E-state index contributed by atoms with van der Waals surface area (Å²) in [5.41, 5.74) is -0.225. The number of esters is 1. The number of halogens is 1. The molecular formula is C22H19ClN2O4. The van der Waals surface area contributed by atoms with Gasteiger partial charge in [0.2, 0.25) is 5.60 Å².